The van der Waals surface area contributed by atoms with E-state index in [1.165, 1.54) is 0 Å². The molecule has 5 heteroatoms. The van der Waals surface area contributed by atoms with E-state index in [2.05, 4.69) is 0 Å². The van der Waals surface area contributed by atoms with Gasteiger partial charge in [-0.25, -0.2) is 0 Å². The maximum Gasteiger partial charge on any atom is 0.165 e. The molecule has 98 valence electrons. The summed E-state index contributed by atoms with van der Waals surface area (Å²) in [5, 5.41) is 4.06. The average Bonchev–Trinajstić information content (AvgIpc) is 2.90. The first-order valence-electron chi connectivity index (χ1n) is 5.26. The summed E-state index contributed by atoms with van der Waals surface area (Å²) in [6, 6.07) is 7.58. The van der Waals surface area contributed by atoms with Crippen molar-refractivity contribution in [3.63, 3.8) is 0 Å². The highest BCUT2D eigenvalue weighted by atomic mass is 35.5. The van der Waals surface area contributed by atoms with E-state index in [4.69, 9.17) is 15.2 Å². The van der Waals surface area contributed by atoms with Crippen LogP contribution in [0.1, 0.15) is 17.2 Å². The van der Waals surface area contributed by atoms with Crippen molar-refractivity contribution in [3.8, 4) is 11.5 Å². The molecule has 0 radical (unpaired) electrons. The van der Waals surface area contributed by atoms with Crippen molar-refractivity contribution in [2.24, 2.45) is 5.73 Å². The highest BCUT2D eigenvalue weighted by Gasteiger charge is 2.17. The lowest BCUT2D eigenvalue weighted by Crippen LogP contribution is -2.12. The monoisotopic (exact) mass is 285 g/mol. The molecule has 1 atom stereocenters. The second-order valence-corrected chi connectivity index (χ2v) is 4.40. The van der Waals surface area contributed by atoms with E-state index < -0.39 is 0 Å². The molecule has 1 aromatic heterocycles. The van der Waals surface area contributed by atoms with Crippen LogP contribution >= 0.6 is 23.7 Å². The predicted octanol–water partition coefficient (Wildman–Crippen LogP) is 3.24. The molecular weight excluding hydrogens is 270 g/mol. The van der Waals surface area contributed by atoms with Gasteiger partial charge in [-0.15, -0.1) is 12.4 Å². The smallest absolute Gasteiger partial charge is 0.165 e. The fourth-order valence-electron chi connectivity index (χ4n) is 1.79. The Morgan fingerprint density at radius 3 is 2.50 bits per heavy atom. The van der Waals surface area contributed by atoms with Crippen molar-refractivity contribution < 1.29 is 9.47 Å². The van der Waals surface area contributed by atoms with Gasteiger partial charge in [0.15, 0.2) is 11.5 Å². The Kier molecular flexibility index (Phi) is 5.47. The third-order valence-corrected chi connectivity index (χ3v) is 3.37. The van der Waals surface area contributed by atoms with Crippen molar-refractivity contribution in [2.45, 2.75) is 6.04 Å². The molecule has 0 aliphatic heterocycles. The van der Waals surface area contributed by atoms with Crippen LogP contribution in [0, 0.1) is 0 Å². The molecule has 0 amide bonds. The number of benzene rings is 1. The normalized spacial score (nSPS) is 11.5. The fourth-order valence-corrected chi connectivity index (χ4v) is 2.48. The zero-order chi connectivity index (χ0) is 12.3. The van der Waals surface area contributed by atoms with Crippen LogP contribution in [-0.2, 0) is 0 Å². The minimum atomic E-state index is -0.189. The highest BCUT2D eigenvalue weighted by molar-refractivity contribution is 7.08. The number of thiophene rings is 1. The Morgan fingerprint density at radius 1 is 1.17 bits per heavy atom. The predicted molar refractivity (Wildman–Crippen MR) is 77.1 cm³/mol. The molecule has 0 aliphatic rings. The number of methoxy groups -OCH3 is 2. The number of ether oxygens (including phenoxy) is 2. The molecule has 2 aromatic rings. The summed E-state index contributed by atoms with van der Waals surface area (Å²) < 4.78 is 10.7. The minimum Gasteiger partial charge on any atom is -0.493 e. The number of hydrogen-bond donors (Lipinski definition) is 1. The number of para-hydroxylation sites is 1. The molecule has 2 rings (SSSR count). The maximum absolute atomic E-state index is 6.23. The molecule has 0 fully saturated rings. The van der Waals surface area contributed by atoms with E-state index in [1.807, 2.05) is 35.0 Å². The molecule has 0 spiro atoms. The van der Waals surface area contributed by atoms with E-state index in [1.54, 1.807) is 25.6 Å². The van der Waals surface area contributed by atoms with Crippen LogP contribution in [0.3, 0.4) is 0 Å². The summed E-state index contributed by atoms with van der Waals surface area (Å²) in [5.74, 6) is 1.41. The molecule has 18 heavy (non-hydrogen) atoms. The molecule has 2 N–H and O–H groups in total. The van der Waals surface area contributed by atoms with Gasteiger partial charge >= 0.3 is 0 Å². The van der Waals surface area contributed by atoms with Gasteiger partial charge in [-0.05, 0) is 28.5 Å². The van der Waals surface area contributed by atoms with Gasteiger partial charge in [0.25, 0.3) is 0 Å². The molecule has 0 aliphatic carbocycles. The maximum atomic E-state index is 6.23. The lowest BCUT2D eigenvalue weighted by molar-refractivity contribution is 0.350. The molecule has 1 aromatic carbocycles. The molecular formula is C13H16ClNO2S. The largest absolute Gasteiger partial charge is 0.493 e. The Morgan fingerprint density at radius 2 is 1.94 bits per heavy atom. The van der Waals surface area contributed by atoms with Gasteiger partial charge in [-0.2, -0.15) is 11.3 Å². The molecule has 0 unspecified atom stereocenters. The standard InChI is InChI=1S/C13H15NO2S.ClH/c1-15-11-5-3-4-10(13(11)16-2)12(14)9-6-7-17-8-9;/h3-8,12H,14H2,1-2H3;1H/t12-;/m0./s1. The zero-order valence-electron chi connectivity index (χ0n) is 10.3. The van der Waals surface area contributed by atoms with Crippen LogP contribution < -0.4 is 15.2 Å². The van der Waals surface area contributed by atoms with E-state index in [0.717, 1.165) is 11.1 Å². The van der Waals surface area contributed by atoms with Gasteiger partial charge in [0, 0.05) is 5.56 Å². The summed E-state index contributed by atoms with van der Waals surface area (Å²) in [6.45, 7) is 0. The van der Waals surface area contributed by atoms with Crippen molar-refractivity contribution in [1.82, 2.24) is 0 Å². The van der Waals surface area contributed by atoms with E-state index >= 15 is 0 Å². The van der Waals surface area contributed by atoms with Crippen molar-refractivity contribution in [3.05, 3.63) is 46.2 Å². The molecule has 0 saturated heterocycles. The Labute approximate surface area is 117 Å². The lowest BCUT2D eigenvalue weighted by Gasteiger charge is -2.17. The second-order valence-electron chi connectivity index (χ2n) is 3.62. The first-order valence-corrected chi connectivity index (χ1v) is 6.20. The third-order valence-electron chi connectivity index (χ3n) is 2.67. The van der Waals surface area contributed by atoms with Crippen molar-refractivity contribution >= 4 is 23.7 Å². The molecule has 0 saturated carbocycles. The van der Waals surface area contributed by atoms with Crippen molar-refractivity contribution in [1.29, 1.82) is 0 Å². The highest BCUT2D eigenvalue weighted by Crippen LogP contribution is 2.36. The molecule has 1 heterocycles. The lowest BCUT2D eigenvalue weighted by atomic mass is 10.0. The van der Waals surface area contributed by atoms with Gasteiger partial charge in [0.2, 0.25) is 0 Å². The Bertz CT molecular complexity index is 488. The summed E-state index contributed by atoms with van der Waals surface area (Å²) in [7, 11) is 3.25. The summed E-state index contributed by atoms with van der Waals surface area (Å²) in [5.41, 5.74) is 8.25. The van der Waals surface area contributed by atoms with Crippen molar-refractivity contribution in [2.75, 3.05) is 14.2 Å². The number of nitrogens with two attached hydrogens (primary N) is 1. The van der Waals surface area contributed by atoms with Crippen LogP contribution in [0.2, 0.25) is 0 Å². The number of hydrogen-bond acceptors (Lipinski definition) is 4. The Hall–Kier alpha value is -1.23. The summed E-state index contributed by atoms with van der Waals surface area (Å²) in [6.07, 6.45) is 0. The topological polar surface area (TPSA) is 44.5 Å². The van der Waals surface area contributed by atoms with E-state index in [-0.39, 0.29) is 18.4 Å². The van der Waals surface area contributed by atoms with Crippen LogP contribution in [0.5, 0.6) is 11.5 Å². The first kappa shape index (κ1) is 14.8. The van der Waals surface area contributed by atoms with Crippen LogP contribution in [0.4, 0.5) is 0 Å². The SMILES string of the molecule is COc1cccc([C@@H](N)c2ccsc2)c1OC.Cl. The Balaban J connectivity index is 0.00000162. The van der Waals surface area contributed by atoms with Gasteiger partial charge < -0.3 is 15.2 Å². The summed E-state index contributed by atoms with van der Waals surface area (Å²) >= 11 is 1.63. The minimum absolute atomic E-state index is 0. The second kappa shape index (κ2) is 6.64. The van der Waals surface area contributed by atoms with E-state index in [9.17, 15) is 0 Å². The number of halogens is 1. The number of rotatable bonds is 4. The van der Waals surface area contributed by atoms with E-state index in [0.29, 0.717) is 11.5 Å². The van der Waals surface area contributed by atoms with Crippen LogP contribution in [0.25, 0.3) is 0 Å². The first-order chi connectivity index (χ1) is 8.27. The quantitative estimate of drug-likeness (QED) is 0.938. The van der Waals surface area contributed by atoms with Crippen LogP contribution in [-0.4, -0.2) is 14.2 Å². The fraction of sp³-hybridized carbons (Fsp3) is 0.231. The zero-order valence-corrected chi connectivity index (χ0v) is 11.9. The summed E-state index contributed by atoms with van der Waals surface area (Å²) in [4.78, 5) is 0. The average molecular weight is 286 g/mol. The van der Waals surface area contributed by atoms with Gasteiger partial charge in [-0.1, -0.05) is 12.1 Å². The van der Waals surface area contributed by atoms with Gasteiger partial charge in [-0.3, -0.25) is 0 Å². The third kappa shape index (κ3) is 2.77. The van der Waals surface area contributed by atoms with Gasteiger partial charge in [0.05, 0.1) is 20.3 Å². The van der Waals surface area contributed by atoms with Gasteiger partial charge in [0.1, 0.15) is 0 Å². The van der Waals surface area contributed by atoms with Crippen LogP contribution in [0.15, 0.2) is 35.0 Å². The molecule has 3 nitrogen and oxygen atoms in total. The molecule has 0 bridgehead atoms.